The van der Waals surface area contributed by atoms with E-state index in [-0.39, 0.29) is 5.82 Å². The second-order valence-corrected chi connectivity index (χ2v) is 10.7. The van der Waals surface area contributed by atoms with Crippen LogP contribution in [0.4, 0.5) is 4.39 Å². The molecule has 4 rings (SSSR count). The van der Waals surface area contributed by atoms with Crippen LogP contribution in [0.2, 0.25) is 10.0 Å². The van der Waals surface area contributed by atoms with Gasteiger partial charge in [-0.3, -0.25) is 0 Å². The normalized spacial score (nSPS) is 11.0. The van der Waals surface area contributed by atoms with Crippen molar-refractivity contribution >= 4 is 58.5 Å². The molecule has 2 nitrogen and oxygen atoms in total. The minimum absolute atomic E-state index is 0.238. The molecule has 4 aromatic rings. The summed E-state index contributed by atoms with van der Waals surface area (Å²) in [6, 6.07) is 24.0. The van der Waals surface area contributed by atoms with Crippen LogP contribution in [0.3, 0.4) is 0 Å². The fraction of sp³-hybridized carbons (Fsp3) is 0.0833. The monoisotopic (exact) mass is 518 g/mol. The first-order chi connectivity index (χ1) is 15.5. The lowest BCUT2D eigenvalue weighted by atomic mass is 10.2. The maximum atomic E-state index is 13.2. The topological polar surface area (TPSA) is 25.8 Å². The van der Waals surface area contributed by atoms with Gasteiger partial charge in [-0.05, 0) is 72.3 Å². The molecule has 0 aliphatic rings. The summed E-state index contributed by atoms with van der Waals surface area (Å²) < 4.78 is 13.2. The highest BCUT2D eigenvalue weighted by molar-refractivity contribution is 7.99. The Morgan fingerprint density at radius 3 is 1.97 bits per heavy atom. The fourth-order valence-corrected chi connectivity index (χ4v) is 5.45. The van der Waals surface area contributed by atoms with Gasteiger partial charge in [0.05, 0.1) is 5.69 Å². The molecule has 0 unspecified atom stereocenters. The van der Waals surface area contributed by atoms with Crippen molar-refractivity contribution < 1.29 is 4.39 Å². The van der Waals surface area contributed by atoms with Gasteiger partial charge in [0, 0.05) is 31.3 Å². The molecule has 0 saturated carbocycles. The van der Waals surface area contributed by atoms with E-state index < -0.39 is 0 Å². The Morgan fingerprint density at radius 1 is 0.688 bits per heavy atom. The predicted octanol–water partition coefficient (Wildman–Crippen LogP) is 8.66. The minimum Gasteiger partial charge on any atom is -0.227 e. The summed E-state index contributed by atoms with van der Waals surface area (Å²) in [5, 5.41) is 2.99. The van der Waals surface area contributed by atoms with Crippen LogP contribution in [-0.2, 0) is 11.5 Å². The van der Waals surface area contributed by atoms with E-state index in [1.807, 2.05) is 54.6 Å². The molecular weight excluding hydrogens is 502 g/mol. The standard InChI is InChI=1S/C24H17Cl2FN2S3/c25-17-3-9-21(10-4-17)30-15-20-13-23(32-22-11-5-18(26)6-12-22)29-24(28-20)31-14-16-1-7-19(27)8-2-16/h1-13H,14-15H2. The molecule has 1 aromatic heterocycles. The molecule has 0 aliphatic heterocycles. The SMILES string of the molecule is Fc1ccc(CSc2nc(CSc3ccc(Cl)cc3)cc(Sc3ccc(Cl)cc3)n2)cc1. The quantitative estimate of drug-likeness (QED) is 0.132. The third kappa shape index (κ3) is 7.15. The highest BCUT2D eigenvalue weighted by Crippen LogP contribution is 2.32. The molecule has 0 saturated heterocycles. The molecule has 3 aromatic carbocycles. The summed E-state index contributed by atoms with van der Waals surface area (Å²) in [4.78, 5) is 11.7. The largest absolute Gasteiger partial charge is 0.227 e. The molecule has 0 fully saturated rings. The summed E-state index contributed by atoms with van der Waals surface area (Å²) in [6.45, 7) is 0. The zero-order chi connectivity index (χ0) is 22.3. The lowest BCUT2D eigenvalue weighted by molar-refractivity contribution is 0.627. The number of thioether (sulfide) groups is 2. The van der Waals surface area contributed by atoms with Gasteiger partial charge in [-0.2, -0.15) is 0 Å². The molecule has 0 aliphatic carbocycles. The van der Waals surface area contributed by atoms with Gasteiger partial charge < -0.3 is 0 Å². The van der Waals surface area contributed by atoms with E-state index in [1.165, 1.54) is 23.9 Å². The second kappa shape index (κ2) is 11.4. The predicted molar refractivity (Wildman–Crippen MR) is 135 cm³/mol. The van der Waals surface area contributed by atoms with Crippen molar-refractivity contribution in [3.05, 3.63) is 106 Å². The van der Waals surface area contributed by atoms with Crippen LogP contribution in [0.5, 0.6) is 0 Å². The molecule has 0 radical (unpaired) electrons. The molecule has 0 atom stereocenters. The van der Waals surface area contributed by atoms with Crippen molar-refractivity contribution in [2.45, 2.75) is 31.5 Å². The summed E-state index contributed by atoms with van der Waals surface area (Å²) in [7, 11) is 0. The van der Waals surface area contributed by atoms with Crippen LogP contribution in [0.25, 0.3) is 0 Å². The van der Waals surface area contributed by atoms with Gasteiger partial charge in [-0.25, -0.2) is 14.4 Å². The summed E-state index contributed by atoms with van der Waals surface area (Å²) in [6.07, 6.45) is 0. The molecule has 0 N–H and O–H groups in total. The fourth-order valence-electron chi connectivity index (χ4n) is 2.68. The highest BCUT2D eigenvalue weighted by atomic mass is 35.5. The Hall–Kier alpha value is -1.70. The van der Waals surface area contributed by atoms with Crippen molar-refractivity contribution in [2.24, 2.45) is 0 Å². The van der Waals surface area contributed by atoms with Gasteiger partial charge in [-0.15, -0.1) is 11.8 Å². The Labute approximate surface area is 209 Å². The van der Waals surface area contributed by atoms with E-state index >= 15 is 0 Å². The van der Waals surface area contributed by atoms with Crippen LogP contribution in [-0.4, -0.2) is 9.97 Å². The molecule has 1 heterocycles. The van der Waals surface area contributed by atoms with Gasteiger partial charge in [-0.1, -0.05) is 58.9 Å². The number of aromatic nitrogens is 2. The second-order valence-electron chi connectivity index (χ2n) is 6.69. The number of halogens is 3. The Balaban J connectivity index is 1.52. The van der Waals surface area contributed by atoms with Crippen molar-refractivity contribution in [1.29, 1.82) is 0 Å². The van der Waals surface area contributed by atoms with Crippen molar-refractivity contribution in [3.8, 4) is 0 Å². The third-order valence-corrected chi connectivity index (χ3v) is 7.65. The van der Waals surface area contributed by atoms with Gasteiger partial charge in [0.15, 0.2) is 5.16 Å². The van der Waals surface area contributed by atoms with Gasteiger partial charge in [0.2, 0.25) is 0 Å². The zero-order valence-corrected chi connectivity index (χ0v) is 20.6. The van der Waals surface area contributed by atoms with E-state index in [4.69, 9.17) is 33.2 Å². The molecule has 8 heteroatoms. The first-order valence-corrected chi connectivity index (χ1v) is 13.1. The minimum atomic E-state index is -0.238. The van der Waals surface area contributed by atoms with Gasteiger partial charge in [0.1, 0.15) is 10.8 Å². The van der Waals surface area contributed by atoms with Gasteiger partial charge >= 0.3 is 0 Å². The lowest BCUT2D eigenvalue weighted by Gasteiger charge is -2.09. The summed E-state index contributed by atoms with van der Waals surface area (Å²) in [5.74, 6) is 1.14. The Morgan fingerprint density at radius 2 is 1.31 bits per heavy atom. The maximum absolute atomic E-state index is 13.2. The number of benzene rings is 3. The number of nitrogens with zero attached hydrogens (tertiary/aromatic N) is 2. The number of hydrogen-bond acceptors (Lipinski definition) is 5. The van der Waals surface area contributed by atoms with E-state index in [0.717, 1.165) is 31.1 Å². The maximum Gasteiger partial charge on any atom is 0.189 e. The Bertz CT molecular complexity index is 1100. The van der Waals surface area contributed by atoms with E-state index in [1.54, 1.807) is 35.7 Å². The molecule has 32 heavy (non-hydrogen) atoms. The van der Waals surface area contributed by atoms with Crippen LogP contribution in [0, 0.1) is 5.82 Å². The average Bonchev–Trinajstić information content (AvgIpc) is 2.80. The van der Waals surface area contributed by atoms with Crippen molar-refractivity contribution in [3.63, 3.8) is 0 Å². The number of rotatable bonds is 8. The van der Waals surface area contributed by atoms with Crippen molar-refractivity contribution in [1.82, 2.24) is 9.97 Å². The smallest absolute Gasteiger partial charge is 0.189 e. The third-order valence-electron chi connectivity index (χ3n) is 4.25. The van der Waals surface area contributed by atoms with Crippen molar-refractivity contribution in [2.75, 3.05) is 0 Å². The summed E-state index contributed by atoms with van der Waals surface area (Å²) in [5.41, 5.74) is 1.96. The van der Waals surface area contributed by atoms with E-state index in [9.17, 15) is 4.39 Å². The summed E-state index contributed by atoms with van der Waals surface area (Å²) >= 11 is 16.8. The zero-order valence-electron chi connectivity index (χ0n) is 16.7. The molecule has 0 amide bonds. The first-order valence-electron chi connectivity index (χ1n) is 9.60. The lowest BCUT2D eigenvalue weighted by Crippen LogP contribution is -1.96. The van der Waals surface area contributed by atoms with Crippen LogP contribution in [0.15, 0.2) is 98.8 Å². The van der Waals surface area contributed by atoms with Crippen LogP contribution >= 0.6 is 58.5 Å². The molecular formula is C24H17Cl2FN2S3. The number of hydrogen-bond donors (Lipinski definition) is 0. The van der Waals surface area contributed by atoms with E-state index in [2.05, 4.69) is 0 Å². The van der Waals surface area contributed by atoms with Crippen LogP contribution < -0.4 is 0 Å². The average molecular weight is 520 g/mol. The molecule has 0 spiro atoms. The van der Waals surface area contributed by atoms with E-state index in [0.29, 0.717) is 21.7 Å². The Kier molecular flexibility index (Phi) is 8.38. The molecule has 0 bridgehead atoms. The van der Waals surface area contributed by atoms with Gasteiger partial charge in [0.25, 0.3) is 0 Å². The van der Waals surface area contributed by atoms with Crippen LogP contribution in [0.1, 0.15) is 11.3 Å². The first kappa shape index (κ1) is 23.5. The highest BCUT2D eigenvalue weighted by Gasteiger charge is 2.09. The molecule has 162 valence electrons.